The van der Waals surface area contributed by atoms with Gasteiger partial charge in [0.25, 0.3) is 5.91 Å². The molecule has 2 N–H and O–H groups in total. The van der Waals surface area contributed by atoms with Crippen molar-refractivity contribution in [2.45, 2.75) is 18.4 Å². The van der Waals surface area contributed by atoms with Gasteiger partial charge in [0.2, 0.25) is 10.0 Å². The topological polar surface area (TPSA) is 115 Å². The SMILES string of the molecule is Cc1ccc(S(=O)(=O)NCc2ccco2)cc1C(=O)OCC(=O)Nc1ccccc1. The lowest BCUT2D eigenvalue weighted by molar-refractivity contribution is -0.119. The molecule has 0 fully saturated rings. The Balaban J connectivity index is 1.65. The van der Waals surface area contributed by atoms with Crippen molar-refractivity contribution in [3.05, 3.63) is 83.8 Å². The summed E-state index contributed by atoms with van der Waals surface area (Å²) in [6.45, 7) is 1.12. The zero-order chi connectivity index (χ0) is 21.6. The first kappa shape index (κ1) is 21.3. The van der Waals surface area contributed by atoms with Gasteiger partial charge in [-0.3, -0.25) is 4.79 Å². The molecule has 2 aromatic carbocycles. The number of para-hydroxylation sites is 1. The van der Waals surface area contributed by atoms with Gasteiger partial charge in [0, 0.05) is 5.69 Å². The molecule has 1 amide bonds. The summed E-state index contributed by atoms with van der Waals surface area (Å²) in [5.74, 6) is -0.843. The van der Waals surface area contributed by atoms with Gasteiger partial charge in [-0.2, -0.15) is 0 Å². The molecule has 3 rings (SSSR count). The van der Waals surface area contributed by atoms with Crippen LogP contribution < -0.4 is 10.0 Å². The molecule has 0 saturated heterocycles. The first-order chi connectivity index (χ1) is 14.3. The van der Waals surface area contributed by atoms with E-state index >= 15 is 0 Å². The fraction of sp³-hybridized carbons (Fsp3) is 0.143. The predicted octanol–water partition coefficient (Wildman–Crippen LogP) is 2.86. The van der Waals surface area contributed by atoms with Crippen molar-refractivity contribution in [1.29, 1.82) is 0 Å². The Labute approximate surface area is 173 Å². The summed E-state index contributed by atoms with van der Waals surface area (Å²) in [6.07, 6.45) is 1.44. The van der Waals surface area contributed by atoms with Gasteiger partial charge in [-0.15, -0.1) is 0 Å². The molecule has 156 valence electrons. The number of aryl methyl sites for hydroxylation is 1. The Bertz CT molecular complexity index is 1130. The number of hydrogen-bond donors (Lipinski definition) is 2. The van der Waals surface area contributed by atoms with E-state index < -0.39 is 28.5 Å². The van der Waals surface area contributed by atoms with E-state index in [0.29, 0.717) is 17.0 Å². The van der Waals surface area contributed by atoms with Crippen LogP contribution in [0.5, 0.6) is 0 Å². The molecule has 0 radical (unpaired) electrons. The maximum absolute atomic E-state index is 12.5. The Hall–Kier alpha value is -3.43. The zero-order valence-electron chi connectivity index (χ0n) is 16.1. The van der Waals surface area contributed by atoms with Crippen molar-refractivity contribution < 1.29 is 27.2 Å². The van der Waals surface area contributed by atoms with Gasteiger partial charge in [0.1, 0.15) is 5.76 Å². The molecule has 30 heavy (non-hydrogen) atoms. The molecule has 3 aromatic rings. The average molecular weight is 428 g/mol. The minimum absolute atomic E-state index is 0.0252. The summed E-state index contributed by atoms with van der Waals surface area (Å²) in [6, 6.07) is 16.1. The van der Waals surface area contributed by atoms with Gasteiger partial charge < -0.3 is 14.5 Å². The van der Waals surface area contributed by atoms with Crippen molar-refractivity contribution in [3.63, 3.8) is 0 Å². The molecule has 0 aliphatic rings. The summed E-state index contributed by atoms with van der Waals surface area (Å²) >= 11 is 0. The van der Waals surface area contributed by atoms with Crippen LogP contribution in [0.1, 0.15) is 21.7 Å². The summed E-state index contributed by atoms with van der Waals surface area (Å²) in [5.41, 5.74) is 1.15. The second-order valence-corrected chi connectivity index (χ2v) is 8.14. The summed E-state index contributed by atoms with van der Waals surface area (Å²) in [5, 5.41) is 2.60. The van der Waals surface area contributed by atoms with Crippen molar-refractivity contribution in [2.75, 3.05) is 11.9 Å². The highest BCUT2D eigenvalue weighted by molar-refractivity contribution is 7.89. The third kappa shape index (κ3) is 5.56. The van der Waals surface area contributed by atoms with Crippen LogP contribution >= 0.6 is 0 Å². The molecule has 0 atom stereocenters. The number of anilines is 1. The highest BCUT2D eigenvalue weighted by Crippen LogP contribution is 2.17. The molecule has 1 heterocycles. The second kappa shape index (κ2) is 9.38. The largest absolute Gasteiger partial charge is 0.468 e. The van der Waals surface area contributed by atoms with E-state index in [1.165, 1.54) is 24.5 Å². The van der Waals surface area contributed by atoms with Gasteiger partial charge in [-0.25, -0.2) is 17.9 Å². The number of sulfonamides is 1. The predicted molar refractivity (Wildman–Crippen MR) is 109 cm³/mol. The normalized spacial score (nSPS) is 11.1. The minimum atomic E-state index is -3.88. The van der Waals surface area contributed by atoms with E-state index in [9.17, 15) is 18.0 Å². The van der Waals surface area contributed by atoms with Crippen molar-refractivity contribution in [1.82, 2.24) is 4.72 Å². The van der Waals surface area contributed by atoms with Crippen molar-refractivity contribution >= 4 is 27.6 Å². The molecule has 0 aliphatic carbocycles. The number of benzene rings is 2. The van der Waals surface area contributed by atoms with E-state index in [2.05, 4.69) is 10.0 Å². The third-order valence-corrected chi connectivity index (χ3v) is 5.55. The molecular weight excluding hydrogens is 408 g/mol. The zero-order valence-corrected chi connectivity index (χ0v) is 16.9. The number of rotatable bonds is 8. The molecular formula is C21H20N2O6S. The smallest absolute Gasteiger partial charge is 0.338 e. The van der Waals surface area contributed by atoms with Crippen molar-refractivity contribution in [2.24, 2.45) is 0 Å². The first-order valence-electron chi connectivity index (χ1n) is 9.00. The minimum Gasteiger partial charge on any atom is -0.468 e. The van der Waals surface area contributed by atoms with Gasteiger partial charge in [-0.05, 0) is 48.9 Å². The number of furan rings is 1. The van der Waals surface area contributed by atoms with Crippen LogP contribution in [0.25, 0.3) is 0 Å². The van der Waals surface area contributed by atoms with Crippen LogP contribution in [-0.2, 0) is 26.1 Å². The molecule has 0 aliphatic heterocycles. The lowest BCUT2D eigenvalue weighted by atomic mass is 10.1. The summed E-state index contributed by atoms with van der Waals surface area (Å²) in [7, 11) is -3.88. The summed E-state index contributed by atoms with van der Waals surface area (Å²) < 4.78 is 37.6. The number of ether oxygens (including phenoxy) is 1. The molecule has 0 saturated carbocycles. The fourth-order valence-corrected chi connectivity index (χ4v) is 3.60. The average Bonchev–Trinajstić information content (AvgIpc) is 3.25. The molecule has 0 spiro atoms. The number of hydrogen-bond acceptors (Lipinski definition) is 6. The Morgan fingerprint density at radius 1 is 1.03 bits per heavy atom. The summed E-state index contributed by atoms with van der Waals surface area (Å²) in [4.78, 5) is 24.3. The lowest BCUT2D eigenvalue weighted by Gasteiger charge is -2.11. The van der Waals surface area contributed by atoms with Crippen LogP contribution in [0, 0.1) is 6.92 Å². The number of carbonyl (C=O) groups excluding carboxylic acids is 2. The second-order valence-electron chi connectivity index (χ2n) is 6.37. The Morgan fingerprint density at radius 2 is 1.80 bits per heavy atom. The van der Waals surface area contributed by atoms with Gasteiger partial charge >= 0.3 is 5.97 Å². The molecule has 9 heteroatoms. The van der Waals surface area contributed by atoms with Gasteiger partial charge in [-0.1, -0.05) is 24.3 Å². The highest BCUT2D eigenvalue weighted by Gasteiger charge is 2.20. The highest BCUT2D eigenvalue weighted by atomic mass is 32.2. The maximum Gasteiger partial charge on any atom is 0.338 e. The quantitative estimate of drug-likeness (QED) is 0.533. The van der Waals surface area contributed by atoms with Gasteiger partial charge in [0.15, 0.2) is 6.61 Å². The van der Waals surface area contributed by atoms with E-state index in [1.807, 2.05) is 6.07 Å². The molecule has 0 unspecified atom stereocenters. The number of amides is 1. The van der Waals surface area contributed by atoms with Crippen LogP contribution in [0.3, 0.4) is 0 Å². The Morgan fingerprint density at radius 3 is 2.50 bits per heavy atom. The van der Waals surface area contributed by atoms with Crippen LogP contribution in [0.4, 0.5) is 5.69 Å². The number of carbonyl (C=O) groups is 2. The van der Waals surface area contributed by atoms with Crippen LogP contribution in [0.2, 0.25) is 0 Å². The first-order valence-corrected chi connectivity index (χ1v) is 10.5. The fourth-order valence-electron chi connectivity index (χ4n) is 2.58. The van der Waals surface area contributed by atoms with E-state index in [4.69, 9.17) is 9.15 Å². The Kier molecular flexibility index (Phi) is 6.65. The van der Waals surface area contributed by atoms with E-state index in [-0.39, 0.29) is 17.0 Å². The van der Waals surface area contributed by atoms with Crippen LogP contribution in [0.15, 0.2) is 76.2 Å². The number of nitrogens with one attached hydrogen (secondary N) is 2. The molecule has 1 aromatic heterocycles. The molecule has 0 bridgehead atoms. The van der Waals surface area contributed by atoms with Crippen molar-refractivity contribution in [3.8, 4) is 0 Å². The number of esters is 1. The lowest BCUT2D eigenvalue weighted by Crippen LogP contribution is -2.24. The molecule has 8 nitrogen and oxygen atoms in total. The monoisotopic (exact) mass is 428 g/mol. The van der Waals surface area contributed by atoms with E-state index in [0.717, 1.165) is 0 Å². The standard InChI is InChI=1S/C21H20N2O6S/c1-15-9-10-18(30(26,27)22-13-17-8-5-11-28-17)12-19(15)21(25)29-14-20(24)23-16-6-3-2-4-7-16/h2-12,22H,13-14H2,1H3,(H,23,24). The van der Waals surface area contributed by atoms with E-state index in [1.54, 1.807) is 43.3 Å². The van der Waals surface area contributed by atoms with Crippen LogP contribution in [-0.4, -0.2) is 26.9 Å². The maximum atomic E-state index is 12.5. The third-order valence-electron chi connectivity index (χ3n) is 4.15. The van der Waals surface area contributed by atoms with Gasteiger partial charge in [0.05, 0.1) is 23.3 Å².